The average Bonchev–Trinajstić information content (AvgIpc) is 3.07. The lowest BCUT2D eigenvalue weighted by atomic mass is 10.0. The highest BCUT2D eigenvalue weighted by molar-refractivity contribution is 5.62. The van der Waals surface area contributed by atoms with E-state index in [4.69, 9.17) is 5.73 Å². The van der Waals surface area contributed by atoms with Crippen LogP contribution in [0, 0.1) is 0 Å². The SMILES string of the molecule is C/C=C/CCCCCCCCCCCCCCC1N=CCN1C(C)N. The molecular formula is C22H43N3. The molecule has 0 aliphatic carbocycles. The van der Waals surface area contributed by atoms with Crippen LogP contribution >= 0.6 is 0 Å². The minimum absolute atomic E-state index is 0.126. The molecule has 0 saturated heterocycles. The lowest BCUT2D eigenvalue weighted by Gasteiger charge is -2.26. The Hall–Kier alpha value is -0.670. The van der Waals surface area contributed by atoms with E-state index in [-0.39, 0.29) is 6.17 Å². The Balaban J connectivity index is 1.78. The Labute approximate surface area is 157 Å². The molecule has 0 amide bonds. The van der Waals surface area contributed by atoms with Gasteiger partial charge in [0.25, 0.3) is 0 Å². The smallest absolute Gasteiger partial charge is 0.103 e. The van der Waals surface area contributed by atoms with E-state index in [0.29, 0.717) is 6.17 Å². The van der Waals surface area contributed by atoms with Gasteiger partial charge in [-0.25, -0.2) is 0 Å². The van der Waals surface area contributed by atoms with Crippen LogP contribution in [-0.2, 0) is 0 Å². The number of rotatable bonds is 16. The van der Waals surface area contributed by atoms with Gasteiger partial charge in [0.2, 0.25) is 0 Å². The van der Waals surface area contributed by atoms with Gasteiger partial charge in [-0.2, -0.15) is 0 Å². The lowest BCUT2D eigenvalue weighted by Crippen LogP contribution is -2.43. The summed E-state index contributed by atoms with van der Waals surface area (Å²) in [7, 11) is 0. The molecular weight excluding hydrogens is 306 g/mol. The number of nitrogens with two attached hydrogens (primary N) is 1. The predicted molar refractivity (Wildman–Crippen MR) is 112 cm³/mol. The van der Waals surface area contributed by atoms with Crippen molar-refractivity contribution >= 4 is 6.21 Å². The molecule has 3 nitrogen and oxygen atoms in total. The van der Waals surface area contributed by atoms with Crippen LogP contribution in [0.3, 0.4) is 0 Å². The van der Waals surface area contributed by atoms with E-state index >= 15 is 0 Å². The molecule has 0 radical (unpaired) electrons. The molecule has 2 N–H and O–H groups in total. The van der Waals surface area contributed by atoms with Gasteiger partial charge in [0.15, 0.2) is 0 Å². The molecule has 0 fully saturated rings. The normalized spacial score (nSPS) is 19.2. The molecule has 2 atom stereocenters. The highest BCUT2D eigenvalue weighted by Gasteiger charge is 2.22. The summed E-state index contributed by atoms with van der Waals surface area (Å²) in [6.07, 6.45) is 26.2. The van der Waals surface area contributed by atoms with Crippen molar-refractivity contribution < 1.29 is 0 Å². The van der Waals surface area contributed by atoms with Crippen LogP contribution in [0.1, 0.15) is 104 Å². The van der Waals surface area contributed by atoms with Gasteiger partial charge in [-0.05, 0) is 39.5 Å². The highest BCUT2D eigenvalue weighted by atomic mass is 15.3. The number of allylic oxidation sites excluding steroid dienone is 2. The summed E-state index contributed by atoms with van der Waals surface area (Å²) >= 11 is 0. The van der Waals surface area contributed by atoms with Crippen molar-refractivity contribution in [3.05, 3.63) is 12.2 Å². The molecule has 25 heavy (non-hydrogen) atoms. The summed E-state index contributed by atoms with van der Waals surface area (Å²) < 4.78 is 0. The van der Waals surface area contributed by atoms with Gasteiger partial charge >= 0.3 is 0 Å². The van der Waals surface area contributed by atoms with E-state index in [0.717, 1.165) is 6.54 Å². The number of hydrogen-bond donors (Lipinski definition) is 1. The molecule has 1 aliphatic rings. The maximum Gasteiger partial charge on any atom is 0.103 e. The third-order valence-corrected chi connectivity index (χ3v) is 5.29. The van der Waals surface area contributed by atoms with E-state index in [2.05, 4.69) is 35.9 Å². The van der Waals surface area contributed by atoms with Crippen LogP contribution in [0.15, 0.2) is 17.1 Å². The van der Waals surface area contributed by atoms with Crippen LogP contribution in [0.5, 0.6) is 0 Å². The van der Waals surface area contributed by atoms with E-state index in [9.17, 15) is 0 Å². The van der Waals surface area contributed by atoms with E-state index in [1.807, 2.05) is 6.21 Å². The Kier molecular flexibility index (Phi) is 13.9. The monoisotopic (exact) mass is 349 g/mol. The molecule has 0 bridgehead atoms. The summed E-state index contributed by atoms with van der Waals surface area (Å²) in [6.45, 7) is 5.10. The second-order valence-electron chi connectivity index (χ2n) is 7.64. The molecule has 0 saturated carbocycles. The molecule has 3 heteroatoms. The van der Waals surface area contributed by atoms with Gasteiger partial charge in [0.05, 0.1) is 6.17 Å². The van der Waals surface area contributed by atoms with Gasteiger partial charge in [0.1, 0.15) is 6.17 Å². The van der Waals surface area contributed by atoms with Crippen molar-refractivity contribution in [2.75, 3.05) is 6.54 Å². The van der Waals surface area contributed by atoms with E-state index in [1.165, 1.54) is 89.9 Å². The summed E-state index contributed by atoms with van der Waals surface area (Å²) in [5.74, 6) is 0. The fraction of sp³-hybridized carbons (Fsp3) is 0.864. The van der Waals surface area contributed by atoms with Crippen LogP contribution in [0.4, 0.5) is 0 Å². The molecule has 0 aromatic carbocycles. The Morgan fingerprint density at radius 1 is 0.960 bits per heavy atom. The quantitative estimate of drug-likeness (QED) is 0.272. The molecule has 2 unspecified atom stereocenters. The van der Waals surface area contributed by atoms with Gasteiger partial charge in [-0.3, -0.25) is 9.89 Å². The summed E-state index contributed by atoms with van der Waals surface area (Å²) in [6, 6.07) is 0. The average molecular weight is 350 g/mol. The molecule has 146 valence electrons. The van der Waals surface area contributed by atoms with Gasteiger partial charge in [-0.1, -0.05) is 76.4 Å². The molecule has 0 aromatic heterocycles. The fourth-order valence-electron chi connectivity index (χ4n) is 3.67. The second-order valence-corrected chi connectivity index (χ2v) is 7.64. The number of unbranched alkanes of at least 4 members (excludes halogenated alkanes) is 12. The van der Waals surface area contributed by atoms with Gasteiger partial charge in [0, 0.05) is 12.8 Å². The van der Waals surface area contributed by atoms with Crippen LogP contribution < -0.4 is 5.73 Å². The molecule has 0 aromatic rings. The van der Waals surface area contributed by atoms with Gasteiger partial charge < -0.3 is 5.73 Å². The van der Waals surface area contributed by atoms with Crippen molar-refractivity contribution in [2.24, 2.45) is 10.7 Å². The first-order valence-corrected chi connectivity index (χ1v) is 10.9. The van der Waals surface area contributed by atoms with Crippen molar-refractivity contribution in [1.82, 2.24) is 4.90 Å². The Bertz CT molecular complexity index is 349. The van der Waals surface area contributed by atoms with Crippen molar-refractivity contribution in [1.29, 1.82) is 0 Å². The largest absolute Gasteiger partial charge is 0.316 e. The maximum absolute atomic E-state index is 5.99. The third kappa shape index (κ3) is 11.5. The number of hydrogen-bond acceptors (Lipinski definition) is 3. The van der Waals surface area contributed by atoms with Crippen LogP contribution in [0.25, 0.3) is 0 Å². The minimum Gasteiger partial charge on any atom is -0.316 e. The predicted octanol–water partition coefficient (Wildman–Crippen LogP) is 6.04. The van der Waals surface area contributed by atoms with E-state index < -0.39 is 0 Å². The zero-order valence-electron chi connectivity index (χ0n) is 17.0. The third-order valence-electron chi connectivity index (χ3n) is 5.29. The summed E-state index contributed by atoms with van der Waals surface area (Å²) in [4.78, 5) is 6.85. The van der Waals surface area contributed by atoms with Crippen molar-refractivity contribution in [3.8, 4) is 0 Å². The Morgan fingerprint density at radius 3 is 2.00 bits per heavy atom. The van der Waals surface area contributed by atoms with Crippen LogP contribution in [-0.4, -0.2) is 30.0 Å². The lowest BCUT2D eigenvalue weighted by molar-refractivity contribution is 0.182. The molecule has 1 rings (SSSR count). The fourth-order valence-corrected chi connectivity index (χ4v) is 3.67. The molecule has 1 aliphatic heterocycles. The highest BCUT2D eigenvalue weighted by Crippen LogP contribution is 2.17. The maximum atomic E-state index is 5.99. The van der Waals surface area contributed by atoms with Gasteiger partial charge in [-0.15, -0.1) is 0 Å². The molecule has 0 spiro atoms. The standard InChI is InChI=1S/C22H43N3/c1-3-4-5-6-7-8-9-10-11-12-13-14-15-16-17-18-22-24-19-20-25(22)21(2)23/h3-4,19,21-22H,5-18,20,23H2,1-2H3/b4-3+. The first kappa shape index (κ1) is 22.4. The first-order chi connectivity index (χ1) is 12.3. The topological polar surface area (TPSA) is 41.6 Å². The summed E-state index contributed by atoms with van der Waals surface area (Å²) in [5.41, 5.74) is 5.99. The summed E-state index contributed by atoms with van der Waals surface area (Å²) in [5, 5.41) is 0. The first-order valence-electron chi connectivity index (χ1n) is 10.9. The zero-order valence-corrected chi connectivity index (χ0v) is 17.0. The van der Waals surface area contributed by atoms with E-state index in [1.54, 1.807) is 0 Å². The molecule has 1 heterocycles. The second kappa shape index (κ2) is 15.6. The zero-order chi connectivity index (χ0) is 18.2. The number of aliphatic imine (C=N–C) groups is 1. The van der Waals surface area contributed by atoms with Crippen molar-refractivity contribution in [3.63, 3.8) is 0 Å². The Morgan fingerprint density at radius 2 is 1.48 bits per heavy atom. The van der Waals surface area contributed by atoms with Crippen LogP contribution in [0.2, 0.25) is 0 Å². The van der Waals surface area contributed by atoms with Crippen molar-refractivity contribution in [2.45, 2.75) is 116 Å². The number of nitrogens with zero attached hydrogens (tertiary/aromatic N) is 2. The minimum atomic E-state index is 0.126.